The number of aromatic nitrogens is 2. The summed E-state index contributed by atoms with van der Waals surface area (Å²) < 4.78 is 1.27. The zero-order valence-electron chi connectivity index (χ0n) is 13.9. The van der Waals surface area contributed by atoms with Crippen molar-refractivity contribution < 1.29 is 4.79 Å². The minimum absolute atomic E-state index is 0.0179. The minimum Gasteiger partial charge on any atom is -0.384 e. The lowest BCUT2D eigenvalue weighted by Crippen LogP contribution is -2.44. The summed E-state index contributed by atoms with van der Waals surface area (Å²) in [5.41, 5.74) is 4.62. The number of H-pyrrole nitrogens is 1. The molecule has 23 heavy (non-hydrogen) atoms. The number of Topliss-reactive ketones (excluding diaryl/α,β-unsaturated/α-hetero) is 1. The number of carbonyl (C=O) groups excluding carboxylic acids is 1. The number of ketones is 1. The molecule has 0 amide bonds. The molecule has 7 heteroatoms. The van der Waals surface area contributed by atoms with Crippen molar-refractivity contribution in [3.05, 3.63) is 26.4 Å². The Bertz CT molecular complexity index is 677. The highest BCUT2D eigenvalue weighted by atomic mass is 16.2. The van der Waals surface area contributed by atoms with Crippen molar-refractivity contribution >= 4 is 11.6 Å². The molecule has 0 aromatic carbocycles. The fourth-order valence-corrected chi connectivity index (χ4v) is 3.30. The highest BCUT2D eigenvalue weighted by Crippen LogP contribution is 2.20. The largest absolute Gasteiger partial charge is 0.384 e. The molecule has 128 valence electrons. The number of nitrogens with one attached hydrogen (secondary N) is 1. The maximum atomic E-state index is 12.6. The molecule has 1 fully saturated rings. The third-order valence-electron chi connectivity index (χ3n) is 4.53. The van der Waals surface area contributed by atoms with Crippen LogP contribution < -0.4 is 17.0 Å². The van der Waals surface area contributed by atoms with Gasteiger partial charge in [0.2, 0.25) is 0 Å². The van der Waals surface area contributed by atoms with Gasteiger partial charge in [-0.05, 0) is 32.2 Å². The molecule has 1 saturated heterocycles. The summed E-state index contributed by atoms with van der Waals surface area (Å²) in [4.78, 5) is 40.8. The summed E-state index contributed by atoms with van der Waals surface area (Å²) in [7, 11) is 0. The van der Waals surface area contributed by atoms with Crippen LogP contribution in [0.25, 0.3) is 0 Å². The molecule has 0 radical (unpaired) electrons. The number of rotatable bonds is 6. The predicted molar refractivity (Wildman–Crippen MR) is 89.9 cm³/mol. The van der Waals surface area contributed by atoms with Gasteiger partial charge in [0.25, 0.3) is 5.56 Å². The molecule has 2 heterocycles. The third kappa shape index (κ3) is 3.72. The lowest BCUT2D eigenvalue weighted by Gasteiger charge is -2.34. The number of nitrogen functional groups attached to an aromatic ring is 1. The standard InChI is InChI=1S/C16H26N4O3/c1-3-8-20-14(17)13(15(22)18-16(20)23)12(21)10-19-9-6-5-7-11(19)4-2/h11H,3-10,17H2,1-2H3,(H,18,22,23)/t11-/m1/s1. The van der Waals surface area contributed by atoms with Crippen molar-refractivity contribution in [2.75, 3.05) is 18.8 Å². The number of nitrogens with zero attached hydrogens (tertiary/aromatic N) is 2. The quantitative estimate of drug-likeness (QED) is 0.760. The molecule has 1 aromatic rings. The van der Waals surface area contributed by atoms with Crippen molar-refractivity contribution in [1.82, 2.24) is 14.5 Å². The summed E-state index contributed by atoms with van der Waals surface area (Å²) in [5.74, 6) is -0.329. The van der Waals surface area contributed by atoms with Gasteiger partial charge in [-0.2, -0.15) is 0 Å². The van der Waals surface area contributed by atoms with E-state index < -0.39 is 11.2 Å². The van der Waals surface area contributed by atoms with Crippen LogP contribution in [0.4, 0.5) is 5.82 Å². The molecule has 0 unspecified atom stereocenters. The summed E-state index contributed by atoms with van der Waals surface area (Å²) in [6.45, 7) is 5.42. The lowest BCUT2D eigenvalue weighted by atomic mass is 9.99. The molecular formula is C16H26N4O3. The Kier molecular flexibility index (Phi) is 5.76. The molecule has 3 N–H and O–H groups in total. The Morgan fingerprint density at radius 2 is 2.04 bits per heavy atom. The van der Waals surface area contributed by atoms with E-state index in [1.165, 1.54) is 11.0 Å². The smallest absolute Gasteiger partial charge is 0.329 e. The fraction of sp³-hybridized carbons (Fsp3) is 0.688. The number of aromatic amines is 1. The first-order chi connectivity index (χ1) is 11.0. The Hall–Kier alpha value is -1.89. The lowest BCUT2D eigenvalue weighted by molar-refractivity contribution is 0.0837. The van der Waals surface area contributed by atoms with Gasteiger partial charge < -0.3 is 5.73 Å². The molecule has 2 rings (SSSR count). The molecule has 0 aliphatic carbocycles. The summed E-state index contributed by atoms with van der Waals surface area (Å²) in [6.07, 6.45) is 4.98. The van der Waals surface area contributed by atoms with Crippen LogP contribution in [0, 0.1) is 0 Å². The van der Waals surface area contributed by atoms with Gasteiger partial charge in [-0.3, -0.25) is 24.0 Å². The van der Waals surface area contributed by atoms with Crippen LogP contribution in [-0.4, -0.2) is 39.4 Å². The zero-order chi connectivity index (χ0) is 17.0. The Balaban J connectivity index is 2.30. The van der Waals surface area contributed by atoms with Crippen LogP contribution >= 0.6 is 0 Å². The van der Waals surface area contributed by atoms with E-state index in [0.717, 1.165) is 25.8 Å². The van der Waals surface area contributed by atoms with Gasteiger partial charge >= 0.3 is 5.69 Å². The van der Waals surface area contributed by atoms with E-state index >= 15 is 0 Å². The van der Waals surface area contributed by atoms with Gasteiger partial charge in [0.1, 0.15) is 11.4 Å². The highest BCUT2D eigenvalue weighted by molar-refractivity contribution is 6.01. The maximum absolute atomic E-state index is 12.6. The van der Waals surface area contributed by atoms with Gasteiger partial charge in [0.15, 0.2) is 5.78 Å². The van der Waals surface area contributed by atoms with Gasteiger partial charge in [-0.15, -0.1) is 0 Å². The fourth-order valence-electron chi connectivity index (χ4n) is 3.30. The molecular weight excluding hydrogens is 296 g/mol. The van der Waals surface area contributed by atoms with Crippen molar-refractivity contribution in [2.24, 2.45) is 0 Å². The average Bonchev–Trinajstić information content (AvgIpc) is 2.51. The van der Waals surface area contributed by atoms with Crippen molar-refractivity contribution in [1.29, 1.82) is 0 Å². The predicted octanol–water partition coefficient (Wildman–Crippen LogP) is 0.976. The van der Waals surface area contributed by atoms with Crippen LogP contribution in [-0.2, 0) is 6.54 Å². The molecule has 1 atom stereocenters. The normalized spacial score (nSPS) is 19.0. The van der Waals surface area contributed by atoms with Gasteiger partial charge in [-0.25, -0.2) is 4.79 Å². The van der Waals surface area contributed by atoms with Crippen molar-refractivity contribution in [2.45, 2.75) is 58.5 Å². The Morgan fingerprint density at radius 3 is 2.70 bits per heavy atom. The second-order valence-corrected chi connectivity index (χ2v) is 6.12. The molecule has 0 saturated carbocycles. The van der Waals surface area contributed by atoms with E-state index in [0.29, 0.717) is 19.0 Å². The first-order valence-corrected chi connectivity index (χ1v) is 8.39. The number of nitrogens with two attached hydrogens (primary N) is 1. The summed E-state index contributed by atoms with van der Waals surface area (Å²) >= 11 is 0. The zero-order valence-corrected chi connectivity index (χ0v) is 13.9. The summed E-state index contributed by atoms with van der Waals surface area (Å²) in [5, 5.41) is 0. The number of piperidine rings is 1. The number of anilines is 1. The molecule has 0 bridgehead atoms. The second kappa shape index (κ2) is 7.59. The Morgan fingerprint density at radius 1 is 1.30 bits per heavy atom. The second-order valence-electron chi connectivity index (χ2n) is 6.12. The maximum Gasteiger partial charge on any atom is 0.329 e. The number of likely N-dealkylation sites (tertiary alicyclic amines) is 1. The summed E-state index contributed by atoms with van der Waals surface area (Å²) in [6, 6.07) is 0.370. The first kappa shape index (κ1) is 17.5. The van der Waals surface area contributed by atoms with Crippen LogP contribution in [0.2, 0.25) is 0 Å². The van der Waals surface area contributed by atoms with Gasteiger partial charge in [0, 0.05) is 12.6 Å². The molecule has 0 spiro atoms. The molecule has 1 aliphatic heterocycles. The van der Waals surface area contributed by atoms with E-state index in [1.54, 1.807) is 0 Å². The molecule has 7 nitrogen and oxygen atoms in total. The van der Waals surface area contributed by atoms with E-state index in [1.807, 2.05) is 6.92 Å². The minimum atomic E-state index is -0.685. The average molecular weight is 322 g/mol. The Labute approximate surface area is 135 Å². The van der Waals surface area contributed by atoms with Crippen LogP contribution in [0.5, 0.6) is 0 Å². The van der Waals surface area contributed by atoms with Crippen LogP contribution in [0.15, 0.2) is 9.59 Å². The van der Waals surface area contributed by atoms with E-state index in [-0.39, 0.29) is 23.7 Å². The van der Waals surface area contributed by atoms with Crippen LogP contribution in [0.3, 0.4) is 0 Å². The molecule has 1 aliphatic rings. The number of hydrogen-bond acceptors (Lipinski definition) is 5. The number of carbonyl (C=O) groups is 1. The monoisotopic (exact) mass is 322 g/mol. The molecule has 1 aromatic heterocycles. The van der Waals surface area contributed by atoms with E-state index in [9.17, 15) is 14.4 Å². The SMILES string of the molecule is CCCn1c(N)c(C(=O)CN2CCCC[C@H]2CC)c(=O)[nH]c1=O. The van der Waals surface area contributed by atoms with E-state index in [2.05, 4.69) is 16.8 Å². The highest BCUT2D eigenvalue weighted by Gasteiger charge is 2.26. The third-order valence-corrected chi connectivity index (χ3v) is 4.53. The topological polar surface area (TPSA) is 101 Å². The number of hydrogen-bond donors (Lipinski definition) is 2. The van der Waals surface area contributed by atoms with Crippen molar-refractivity contribution in [3.8, 4) is 0 Å². The van der Waals surface area contributed by atoms with Crippen molar-refractivity contribution in [3.63, 3.8) is 0 Å². The van der Waals surface area contributed by atoms with Gasteiger partial charge in [0.05, 0.1) is 6.54 Å². The van der Waals surface area contributed by atoms with E-state index in [4.69, 9.17) is 5.73 Å². The van der Waals surface area contributed by atoms with Gasteiger partial charge in [-0.1, -0.05) is 20.3 Å². The van der Waals surface area contributed by atoms with Crippen LogP contribution in [0.1, 0.15) is 56.3 Å². The first-order valence-electron chi connectivity index (χ1n) is 8.39.